The molecule has 0 aliphatic heterocycles. The Labute approximate surface area is 108 Å². The van der Waals surface area contributed by atoms with Gasteiger partial charge in [0.25, 0.3) is 0 Å². The van der Waals surface area contributed by atoms with Gasteiger partial charge in [0.2, 0.25) is 0 Å². The van der Waals surface area contributed by atoms with Crippen LogP contribution in [0, 0.1) is 0 Å². The molecule has 4 heteroatoms. The van der Waals surface area contributed by atoms with E-state index in [9.17, 15) is 4.79 Å². The number of aliphatic carboxylic acids is 1. The quantitative estimate of drug-likeness (QED) is 0.841. The van der Waals surface area contributed by atoms with Crippen molar-refractivity contribution in [3.8, 4) is 5.75 Å². The Morgan fingerprint density at radius 1 is 1.33 bits per heavy atom. The molecule has 0 aliphatic rings. The van der Waals surface area contributed by atoms with Gasteiger partial charge in [0.1, 0.15) is 17.4 Å². The van der Waals surface area contributed by atoms with Crippen molar-refractivity contribution in [3.05, 3.63) is 29.8 Å². The third-order valence-electron chi connectivity index (χ3n) is 2.43. The Bertz CT molecular complexity index is 392. The highest BCUT2D eigenvalue weighted by molar-refractivity contribution is 5.73. The van der Waals surface area contributed by atoms with Gasteiger partial charge in [0.15, 0.2) is 0 Å². The maximum Gasteiger partial charge on any atom is 0.321 e. The van der Waals surface area contributed by atoms with Crippen molar-refractivity contribution in [1.82, 2.24) is 5.32 Å². The lowest BCUT2D eigenvalue weighted by Crippen LogP contribution is -2.35. The highest BCUT2D eigenvalue weighted by Crippen LogP contribution is 2.19. The molecule has 0 fully saturated rings. The summed E-state index contributed by atoms with van der Waals surface area (Å²) in [5, 5.41) is 11.7. The normalized spacial score (nSPS) is 13.1. The van der Waals surface area contributed by atoms with Gasteiger partial charge in [-0.3, -0.25) is 4.79 Å². The van der Waals surface area contributed by atoms with Gasteiger partial charge < -0.3 is 15.2 Å². The molecule has 1 aromatic carbocycles. The number of hydrogen-bond acceptors (Lipinski definition) is 3. The van der Waals surface area contributed by atoms with Crippen LogP contribution in [0.2, 0.25) is 0 Å². The van der Waals surface area contributed by atoms with E-state index in [4.69, 9.17) is 9.84 Å². The first kappa shape index (κ1) is 14.5. The van der Waals surface area contributed by atoms with E-state index < -0.39 is 12.0 Å². The zero-order chi connectivity index (χ0) is 13.8. The molecule has 2 N–H and O–H groups in total. The van der Waals surface area contributed by atoms with Crippen molar-refractivity contribution in [3.63, 3.8) is 0 Å². The summed E-state index contributed by atoms with van der Waals surface area (Å²) >= 11 is 0. The van der Waals surface area contributed by atoms with Crippen LogP contribution >= 0.6 is 0 Å². The first-order valence-corrected chi connectivity index (χ1v) is 6.00. The topological polar surface area (TPSA) is 58.6 Å². The number of rotatable bonds is 5. The second-order valence-electron chi connectivity index (χ2n) is 5.24. The largest absolute Gasteiger partial charge is 0.488 e. The van der Waals surface area contributed by atoms with Gasteiger partial charge >= 0.3 is 5.97 Å². The SMILES string of the molecule is CN[C@@H](Cc1ccc(OC(C)(C)C)cc1)C(=O)O. The molecule has 18 heavy (non-hydrogen) atoms. The van der Waals surface area contributed by atoms with E-state index in [0.717, 1.165) is 11.3 Å². The number of likely N-dealkylation sites (N-methyl/N-ethyl adjacent to an activating group) is 1. The molecular weight excluding hydrogens is 230 g/mol. The van der Waals surface area contributed by atoms with Gasteiger partial charge in [0, 0.05) is 0 Å². The highest BCUT2D eigenvalue weighted by Gasteiger charge is 2.16. The summed E-state index contributed by atoms with van der Waals surface area (Å²) in [6.45, 7) is 5.97. The predicted octanol–water partition coefficient (Wildman–Crippen LogP) is 2.08. The molecule has 0 saturated carbocycles. The number of hydrogen-bond donors (Lipinski definition) is 2. The molecule has 0 unspecified atom stereocenters. The minimum Gasteiger partial charge on any atom is -0.488 e. The second kappa shape index (κ2) is 5.87. The van der Waals surface area contributed by atoms with Crippen LogP contribution in [0.25, 0.3) is 0 Å². The molecule has 4 nitrogen and oxygen atoms in total. The van der Waals surface area contributed by atoms with Crippen LogP contribution in [0.4, 0.5) is 0 Å². The molecule has 0 saturated heterocycles. The van der Waals surface area contributed by atoms with E-state index >= 15 is 0 Å². The Kier molecular flexibility index (Phi) is 4.73. The molecule has 0 bridgehead atoms. The van der Waals surface area contributed by atoms with Gasteiger partial charge in [-0.1, -0.05) is 12.1 Å². The van der Waals surface area contributed by atoms with E-state index in [1.165, 1.54) is 0 Å². The Hall–Kier alpha value is -1.55. The fourth-order valence-electron chi connectivity index (χ4n) is 1.60. The number of carboxylic acid groups (broad SMARTS) is 1. The van der Waals surface area contributed by atoms with Crippen molar-refractivity contribution in [2.75, 3.05) is 7.05 Å². The summed E-state index contributed by atoms with van der Waals surface area (Å²) in [6, 6.07) is 6.98. The van der Waals surface area contributed by atoms with Gasteiger partial charge in [-0.2, -0.15) is 0 Å². The minimum atomic E-state index is -0.840. The Morgan fingerprint density at radius 3 is 2.28 bits per heavy atom. The van der Waals surface area contributed by atoms with E-state index in [1.54, 1.807) is 7.05 Å². The lowest BCUT2D eigenvalue weighted by Gasteiger charge is -2.21. The van der Waals surface area contributed by atoms with E-state index in [0.29, 0.717) is 6.42 Å². The van der Waals surface area contributed by atoms with Crippen LogP contribution in [-0.4, -0.2) is 29.8 Å². The van der Waals surface area contributed by atoms with Gasteiger partial charge in [0.05, 0.1) is 0 Å². The van der Waals surface area contributed by atoms with Crippen LogP contribution in [-0.2, 0) is 11.2 Å². The average Bonchev–Trinajstić information content (AvgIpc) is 2.25. The molecule has 0 radical (unpaired) electrons. The van der Waals surface area contributed by atoms with Crippen molar-refractivity contribution in [2.24, 2.45) is 0 Å². The smallest absolute Gasteiger partial charge is 0.321 e. The predicted molar refractivity (Wildman–Crippen MR) is 71.0 cm³/mol. The molecule has 1 rings (SSSR count). The van der Waals surface area contributed by atoms with Crippen LogP contribution in [0.3, 0.4) is 0 Å². The van der Waals surface area contributed by atoms with Gasteiger partial charge in [-0.15, -0.1) is 0 Å². The number of carbonyl (C=O) groups is 1. The lowest BCUT2D eigenvalue weighted by atomic mass is 10.1. The van der Waals surface area contributed by atoms with Gasteiger partial charge in [-0.25, -0.2) is 0 Å². The molecule has 0 amide bonds. The number of nitrogens with one attached hydrogen (secondary N) is 1. The summed E-state index contributed by atoms with van der Waals surface area (Å²) in [4.78, 5) is 10.9. The molecule has 100 valence electrons. The van der Waals surface area contributed by atoms with Crippen LogP contribution in [0.5, 0.6) is 5.75 Å². The third-order valence-corrected chi connectivity index (χ3v) is 2.43. The number of carboxylic acids is 1. The zero-order valence-corrected chi connectivity index (χ0v) is 11.4. The molecule has 1 atom stereocenters. The Balaban J connectivity index is 2.68. The highest BCUT2D eigenvalue weighted by atomic mass is 16.5. The number of ether oxygens (including phenoxy) is 1. The molecule has 0 spiro atoms. The fraction of sp³-hybridized carbons (Fsp3) is 0.500. The summed E-state index contributed by atoms with van der Waals surface area (Å²) in [6.07, 6.45) is 0.460. The zero-order valence-electron chi connectivity index (χ0n) is 11.4. The van der Waals surface area contributed by atoms with E-state index in [-0.39, 0.29) is 5.60 Å². The molecule has 0 heterocycles. The summed E-state index contributed by atoms with van der Waals surface area (Å²) in [5.41, 5.74) is 0.744. The van der Waals surface area contributed by atoms with Crippen LogP contribution in [0.1, 0.15) is 26.3 Å². The first-order chi connectivity index (χ1) is 8.31. The summed E-state index contributed by atoms with van der Waals surface area (Å²) < 4.78 is 5.70. The van der Waals surface area contributed by atoms with Crippen molar-refractivity contribution >= 4 is 5.97 Å². The average molecular weight is 251 g/mol. The Morgan fingerprint density at radius 2 is 1.89 bits per heavy atom. The standard InChI is InChI=1S/C14H21NO3/c1-14(2,3)18-11-7-5-10(6-8-11)9-12(15-4)13(16)17/h5-8,12,15H,9H2,1-4H3,(H,16,17)/t12-/m0/s1. The van der Waals surface area contributed by atoms with Crippen molar-refractivity contribution < 1.29 is 14.6 Å². The fourth-order valence-corrected chi connectivity index (χ4v) is 1.60. The number of benzene rings is 1. The van der Waals surface area contributed by atoms with E-state index in [1.807, 2.05) is 45.0 Å². The van der Waals surface area contributed by atoms with Crippen molar-refractivity contribution in [2.45, 2.75) is 38.8 Å². The monoisotopic (exact) mass is 251 g/mol. The maximum atomic E-state index is 10.9. The van der Waals surface area contributed by atoms with E-state index in [2.05, 4.69) is 5.32 Å². The van der Waals surface area contributed by atoms with Crippen LogP contribution in [0.15, 0.2) is 24.3 Å². The van der Waals surface area contributed by atoms with Crippen molar-refractivity contribution in [1.29, 1.82) is 0 Å². The molecular formula is C14H21NO3. The second-order valence-corrected chi connectivity index (χ2v) is 5.24. The molecule has 1 aromatic rings. The lowest BCUT2D eigenvalue weighted by molar-refractivity contribution is -0.139. The van der Waals surface area contributed by atoms with Crippen LogP contribution < -0.4 is 10.1 Å². The van der Waals surface area contributed by atoms with Gasteiger partial charge in [-0.05, 0) is 51.9 Å². The third kappa shape index (κ3) is 4.75. The summed E-state index contributed by atoms with van der Waals surface area (Å²) in [7, 11) is 1.65. The minimum absolute atomic E-state index is 0.226. The first-order valence-electron chi connectivity index (χ1n) is 6.00. The molecule has 0 aliphatic carbocycles. The summed E-state index contributed by atoms with van der Waals surface area (Å²) in [5.74, 6) is -0.0462. The maximum absolute atomic E-state index is 10.9. The molecule has 0 aromatic heterocycles.